The van der Waals surface area contributed by atoms with Gasteiger partial charge in [-0.25, -0.2) is 0 Å². The molecule has 1 aliphatic rings. The van der Waals surface area contributed by atoms with Crippen LogP contribution in [0.25, 0.3) is 0 Å². The number of carboxylic acids is 1. The van der Waals surface area contributed by atoms with Gasteiger partial charge in [0.25, 0.3) is 0 Å². The molecule has 8 nitrogen and oxygen atoms in total. The van der Waals surface area contributed by atoms with Crippen molar-refractivity contribution in [2.24, 2.45) is 5.92 Å². The van der Waals surface area contributed by atoms with Crippen LogP contribution in [0.15, 0.2) is 0 Å². The zero-order valence-electron chi connectivity index (χ0n) is 15.6. The number of carboxylic acid groups (broad SMARTS) is 1. The van der Waals surface area contributed by atoms with E-state index in [4.69, 9.17) is 5.11 Å². The lowest BCUT2D eigenvalue weighted by Crippen LogP contribution is -2.59. The Morgan fingerprint density at radius 3 is 2.04 bits per heavy atom. The van der Waals surface area contributed by atoms with Gasteiger partial charge < -0.3 is 31.7 Å². The van der Waals surface area contributed by atoms with Crippen LogP contribution in [0.1, 0.15) is 33.1 Å². The van der Waals surface area contributed by atoms with Crippen LogP contribution in [0, 0.1) is 5.92 Å². The fourth-order valence-corrected chi connectivity index (χ4v) is 2.80. The van der Waals surface area contributed by atoms with Crippen LogP contribution in [-0.4, -0.2) is 74.9 Å². The Labute approximate surface area is 150 Å². The average Bonchev–Trinajstić information content (AvgIpc) is 2.53. The summed E-state index contributed by atoms with van der Waals surface area (Å²) in [5, 5.41) is 25.4. The molecule has 6 N–H and O–H groups in total. The molecule has 0 radical (unpaired) electrons. The standard InChI is InChI=1S/C17H35N5O3/c1-14-10-18-6-8-20-12-17(2,13-21-9-7-19-11-14)22-15(23)4-3-5-16(24)25/h14,18-21H,3-13H2,1-2H3,(H,22,23)(H,24,25). The number of carbonyl (C=O) groups is 2. The van der Waals surface area contributed by atoms with Gasteiger partial charge in [0, 0.05) is 52.1 Å². The Kier molecular flexibility index (Phi) is 10.6. The molecule has 146 valence electrons. The van der Waals surface area contributed by atoms with Crippen molar-refractivity contribution in [3.63, 3.8) is 0 Å². The fraction of sp³-hybridized carbons (Fsp3) is 0.882. The van der Waals surface area contributed by atoms with E-state index in [0.29, 0.717) is 25.4 Å². The summed E-state index contributed by atoms with van der Waals surface area (Å²) in [6.45, 7) is 11.0. The largest absolute Gasteiger partial charge is 0.481 e. The minimum Gasteiger partial charge on any atom is -0.481 e. The van der Waals surface area contributed by atoms with Gasteiger partial charge >= 0.3 is 5.97 Å². The molecular formula is C17H35N5O3. The average molecular weight is 357 g/mol. The lowest BCUT2D eigenvalue weighted by atomic mass is 10.0. The first-order valence-electron chi connectivity index (χ1n) is 9.27. The van der Waals surface area contributed by atoms with E-state index in [2.05, 4.69) is 33.5 Å². The monoisotopic (exact) mass is 357 g/mol. The van der Waals surface area contributed by atoms with Crippen LogP contribution in [0.3, 0.4) is 0 Å². The number of aliphatic carboxylic acids is 1. The van der Waals surface area contributed by atoms with Gasteiger partial charge in [-0.3, -0.25) is 9.59 Å². The molecule has 0 bridgehead atoms. The maximum atomic E-state index is 12.1. The normalized spacial score (nSPS) is 27.2. The first-order chi connectivity index (χ1) is 11.9. The molecule has 0 aromatic heterocycles. The molecule has 8 heteroatoms. The summed E-state index contributed by atoms with van der Waals surface area (Å²) in [4.78, 5) is 22.7. The van der Waals surface area contributed by atoms with E-state index in [1.807, 2.05) is 6.92 Å². The summed E-state index contributed by atoms with van der Waals surface area (Å²) in [6.07, 6.45) is 0.628. The van der Waals surface area contributed by atoms with Crippen LogP contribution < -0.4 is 26.6 Å². The Balaban J connectivity index is 2.46. The van der Waals surface area contributed by atoms with Crippen molar-refractivity contribution in [2.45, 2.75) is 38.6 Å². The summed E-state index contributed by atoms with van der Waals surface area (Å²) in [7, 11) is 0. The van der Waals surface area contributed by atoms with E-state index in [0.717, 1.165) is 39.3 Å². The summed E-state index contributed by atoms with van der Waals surface area (Å²) in [6, 6.07) is 0. The molecule has 1 rings (SSSR count). The predicted octanol–water partition coefficient (Wildman–Crippen LogP) is -0.876. The lowest BCUT2D eigenvalue weighted by Gasteiger charge is -2.32. The second kappa shape index (κ2) is 12.2. The van der Waals surface area contributed by atoms with Crippen molar-refractivity contribution in [3.05, 3.63) is 0 Å². The number of amides is 1. The lowest BCUT2D eigenvalue weighted by molar-refractivity contribution is -0.137. The summed E-state index contributed by atoms with van der Waals surface area (Å²) >= 11 is 0. The Morgan fingerprint density at radius 1 is 1.00 bits per heavy atom. The summed E-state index contributed by atoms with van der Waals surface area (Å²) in [5.74, 6) is -0.369. The van der Waals surface area contributed by atoms with Gasteiger partial charge in [0.1, 0.15) is 0 Å². The minimum absolute atomic E-state index is 0.0242. The van der Waals surface area contributed by atoms with Gasteiger partial charge in [0.05, 0.1) is 5.54 Å². The topological polar surface area (TPSA) is 115 Å². The van der Waals surface area contributed by atoms with Crippen molar-refractivity contribution < 1.29 is 14.7 Å². The molecule has 1 saturated heterocycles. The molecule has 0 aromatic rings. The van der Waals surface area contributed by atoms with Crippen LogP contribution >= 0.6 is 0 Å². The van der Waals surface area contributed by atoms with Gasteiger partial charge in [-0.15, -0.1) is 0 Å². The van der Waals surface area contributed by atoms with E-state index in [1.165, 1.54) is 0 Å². The molecule has 1 fully saturated rings. The second-order valence-electron chi connectivity index (χ2n) is 7.22. The molecule has 1 heterocycles. The molecule has 0 aromatic carbocycles. The third-order valence-corrected chi connectivity index (χ3v) is 4.21. The van der Waals surface area contributed by atoms with E-state index in [-0.39, 0.29) is 18.7 Å². The highest BCUT2D eigenvalue weighted by Crippen LogP contribution is 2.04. The van der Waals surface area contributed by atoms with Crippen LogP contribution in [0.2, 0.25) is 0 Å². The molecule has 0 unspecified atom stereocenters. The van der Waals surface area contributed by atoms with Crippen molar-refractivity contribution >= 4 is 11.9 Å². The minimum atomic E-state index is -0.866. The van der Waals surface area contributed by atoms with Crippen molar-refractivity contribution in [1.29, 1.82) is 0 Å². The highest BCUT2D eigenvalue weighted by Gasteiger charge is 2.25. The van der Waals surface area contributed by atoms with Crippen LogP contribution in [-0.2, 0) is 9.59 Å². The number of hydrogen-bond donors (Lipinski definition) is 6. The zero-order chi connectivity index (χ0) is 18.5. The Hall–Kier alpha value is -1.22. The number of rotatable bonds is 5. The smallest absolute Gasteiger partial charge is 0.303 e. The Morgan fingerprint density at radius 2 is 1.52 bits per heavy atom. The molecular weight excluding hydrogens is 322 g/mol. The third-order valence-electron chi connectivity index (χ3n) is 4.21. The molecule has 1 amide bonds. The van der Waals surface area contributed by atoms with E-state index >= 15 is 0 Å². The molecule has 0 spiro atoms. The molecule has 1 aliphatic heterocycles. The first-order valence-corrected chi connectivity index (χ1v) is 9.27. The van der Waals surface area contributed by atoms with E-state index < -0.39 is 11.5 Å². The van der Waals surface area contributed by atoms with Gasteiger partial charge in [-0.1, -0.05) is 6.92 Å². The summed E-state index contributed by atoms with van der Waals surface area (Å²) < 4.78 is 0. The Bertz CT molecular complexity index is 390. The van der Waals surface area contributed by atoms with Gasteiger partial charge in [-0.05, 0) is 32.4 Å². The van der Waals surface area contributed by atoms with Crippen molar-refractivity contribution in [1.82, 2.24) is 26.6 Å². The molecule has 25 heavy (non-hydrogen) atoms. The third kappa shape index (κ3) is 11.1. The number of nitrogens with one attached hydrogen (secondary N) is 5. The van der Waals surface area contributed by atoms with E-state index in [9.17, 15) is 9.59 Å². The number of carbonyl (C=O) groups excluding carboxylic acids is 1. The molecule has 0 atom stereocenters. The van der Waals surface area contributed by atoms with Gasteiger partial charge in [0.2, 0.25) is 5.91 Å². The number of hydrogen-bond acceptors (Lipinski definition) is 6. The van der Waals surface area contributed by atoms with Gasteiger partial charge in [0.15, 0.2) is 0 Å². The van der Waals surface area contributed by atoms with Crippen molar-refractivity contribution in [3.8, 4) is 0 Å². The van der Waals surface area contributed by atoms with Crippen LogP contribution in [0.5, 0.6) is 0 Å². The van der Waals surface area contributed by atoms with E-state index in [1.54, 1.807) is 0 Å². The first kappa shape index (κ1) is 21.8. The predicted molar refractivity (Wildman–Crippen MR) is 98.7 cm³/mol. The fourth-order valence-electron chi connectivity index (χ4n) is 2.80. The second-order valence-corrected chi connectivity index (χ2v) is 7.22. The van der Waals surface area contributed by atoms with Crippen LogP contribution in [0.4, 0.5) is 0 Å². The highest BCUT2D eigenvalue weighted by atomic mass is 16.4. The maximum absolute atomic E-state index is 12.1. The maximum Gasteiger partial charge on any atom is 0.303 e. The van der Waals surface area contributed by atoms with Gasteiger partial charge in [-0.2, -0.15) is 0 Å². The quantitative estimate of drug-likeness (QED) is 0.379. The summed E-state index contributed by atoms with van der Waals surface area (Å²) in [5.41, 5.74) is -0.405. The highest BCUT2D eigenvalue weighted by molar-refractivity contribution is 5.77. The van der Waals surface area contributed by atoms with Crippen molar-refractivity contribution in [2.75, 3.05) is 52.4 Å². The molecule has 0 aliphatic carbocycles. The SMILES string of the molecule is CC1CNCCNCC(C)(NC(=O)CCCC(=O)O)CNCCNC1. The molecule has 0 saturated carbocycles. The zero-order valence-corrected chi connectivity index (χ0v) is 15.6.